The number of Topliss-reactive ketones (excluding diaryl/α,β-unsaturated/α-hetero) is 1. The van der Waals surface area contributed by atoms with E-state index in [0.29, 0.717) is 0 Å². The lowest BCUT2D eigenvalue weighted by Gasteiger charge is -2.24. The molecule has 2 aromatic rings. The van der Waals surface area contributed by atoms with Gasteiger partial charge in [-0.25, -0.2) is 0 Å². The molecule has 156 valence electrons. The first-order valence-electron chi connectivity index (χ1n) is 9.21. The summed E-state index contributed by atoms with van der Waals surface area (Å²) in [6, 6.07) is 10.1. The zero-order valence-electron chi connectivity index (χ0n) is 16.7. The minimum atomic E-state index is -0.949. The molecule has 0 fully saturated rings. The number of fused-ring (bicyclic) bond motifs is 1. The highest BCUT2D eigenvalue weighted by Gasteiger charge is 2.39. The van der Waals surface area contributed by atoms with Gasteiger partial charge in [-0.15, -0.1) is 0 Å². The number of ether oxygens (including phenoxy) is 2. The Balaban J connectivity index is 1.97. The molecule has 9 nitrogen and oxygen atoms in total. The zero-order chi connectivity index (χ0) is 22.0. The van der Waals surface area contributed by atoms with Gasteiger partial charge in [-0.05, 0) is 30.2 Å². The number of hydrogen-bond acceptors (Lipinski definition) is 7. The minimum absolute atomic E-state index is 0.000624. The van der Waals surface area contributed by atoms with Crippen molar-refractivity contribution in [2.45, 2.75) is 20.0 Å². The van der Waals surface area contributed by atoms with E-state index < -0.39 is 35.2 Å². The monoisotopic (exact) mass is 412 g/mol. The van der Waals surface area contributed by atoms with Crippen LogP contribution in [0.2, 0.25) is 0 Å². The number of nitrogens with zero attached hydrogens (tertiary/aromatic N) is 2. The SMILES string of the molecule is COc1ccc(C(=O)CN2C(=O)c3ccccc3OC(C(C)C)C2=O)cc1[N+](=O)[O-]. The van der Waals surface area contributed by atoms with E-state index in [1.54, 1.807) is 32.0 Å². The predicted molar refractivity (Wildman–Crippen MR) is 106 cm³/mol. The second-order valence-corrected chi connectivity index (χ2v) is 7.08. The number of nitro benzene ring substituents is 1. The van der Waals surface area contributed by atoms with Gasteiger partial charge in [0.15, 0.2) is 17.6 Å². The van der Waals surface area contributed by atoms with Gasteiger partial charge in [0.25, 0.3) is 11.8 Å². The number of imide groups is 1. The van der Waals surface area contributed by atoms with Gasteiger partial charge in [0.05, 0.1) is 24.1 Å². The number of para-hydroxylation sites is 1. The summed E-state index contributed by atoms with van der Waals surface area (Å²) in [6.45, 7) is 2.98. The molecule has 2 amide bonds. The van der Waals surface area contributed by atoms with E-state index in [4.69, 9.17) is 9.47 Å². The van der Waals surface area contributed by atoms with Crippen molar-refractivity contribution in [1.82, 2.24) is 4.90 Å². The molecule has 3 rings (SSSR count). The number of nitro groups is 1. The molecule has 0 aromatic heterocycles. The van der Waals surface area contributed by atoms with Crippen LogP contribution in [0.5, 0.6) is 11.5 Å². The van der Waals surface area contributed by atoms with Crippen LogP contribution in [-0.2, 0) is 4.79 Å². The van der Waals surface area contributed by atoms with Crippen LogP contribution in [0, 0.1) is 16.0 Å². The first-order chi connectivity index (χ1) is 14.2. The molecule has 9 heteroatoms. The molecule has 1 atom stereocenters. The molecule has 0 N–H and O–H groups in total. The van der Waals surface area contributed by atoms with Crippen molar-refractivity contribution in [1.29, 1.82) is 0 Å². The molecule has 0 saturated heterocycles. The third-order valence-corrected chi connectivity index (χ3v) is 4.73. The van der Waals surface area contributed by atoms with E-state index in [0.717, 1.165) is 11.0 Å². The van der Waals surface area contributed by atoms with Crippen molar-refractivity contribution in [2.24, 2.45) is 5.92 Å². The van der Waals surface area contributed by atoms with Crippen molar-refractivity contribution in [3.8, 4) is 11.5 Å². The van der Waals surface area contributed by atoms with Crippen LogP contribution in [-0.4, -0.2) is 47.2 Å². The normalized spacial score (nSPS) is 16.0. The molecule has 1 unspecified atom stereocenters. The van der Waals surface area contributed by atoms with Gasteiger partial charge in [0.2, 0.25) is 0 Å². The van der Waals surface area contributed by atoms with Gasteiger partial charge in [0.1, 0.15) is 5.75 Å². The van der Waals surface area contributed by atoms with Crippen LogP contribution in [0.25, 0.3) is 0 Å². The third-order valence-electron chi connectivity index (χ3n) is 4.73. The number of carbonyl (C=O) groups excluding carboxylic acids is 3. The van der Waals surface area contributed by atoms with E-state index >= 15 is 0 Å². The summed E-state index contributed by atoms with van der Waals surface area (Å²) in [5.74, 6) is -1.90. The number of carbonyl (C=O) groups is 3. The second-order valence-electron chi connectivity index (χ2n) is 7.08. The smallest absolute Gasteiger partial charge is 0.311 e. The van der Waals surface area contributed by atoms with Crippen LogP contribution in [0.3, 0.4) is 0 Å². The number of rotatable bonds is 6. The largest absolute Gasteiger partial charge is 0.490 e. The first kappa shape index (κ1) is 21.0. The Hall–Kier alpha value is -3.75. The van der Waals surface area contributed by atoms with Gasteiger partial charge in [-0.1, -0.05) is 26.0 Å². The Kier molecular flexibility index (Phi) is 5.81. The molecule has 1 heterocycles. The average molecular weight is 412 g/mol. The molecule has 0 radical (unpaired) electrons. The van der Waals surface area contributed by atoms with Gasteiger partial charge in [-0.2, -0.15) is 0 Å². The van der Waals surface area contributed by atoms with Crippen LogP contribution >= 0.6 is 0 Å². The van der Waals surface area contributed by atoms with Crippen LogP contribution in [0.15, 0.2) is 42.5 Å². The van der Waals surface area contributed by atoms with Crippen molar-refractivity contribution in [3.05, 3.63) is 63.7 Å². The van der Waals surface area contributed by atoms with Crippen LogP contribution in [0.1, 0.15) is 34.6 Å². The average Bonchev–Trinajstić information content (AvgIpc) is 2.83. The Morgan fingerprint density at radius 2 is 1.93 bits per heavy atom. The maximum Gasteiger partial charge on any atom is 0.311 e. The van der Waals surface area contributed by atoms with Crippen molar-refractivity contribution >= 4 is 23.3 Å². The quantitative estimate of drug-likeness (QED) is 0.310. The highest BCUT2D eigenvalue weighted by Crippen LogP contribution is 2.30. The van der Waals surface area contributed by atoms with E-state index in [1.807, 2.05) is 0 Å². The summed E-state index contributed by atoms with van der Waals surface area (Å²) in [6.07, 6.45) is -0.949. The Labute approximate surface area is 172 Å². The van der Waals surface area contributed by atoms with E-state index in [9.17, 15) is 24.5 Å². The maximum atomic E-state index is 13.0. The number of hydrogen-bond donors (Lipinski definition) is 0. The molecular weight excluding hydrogens is 392 g/mol. The van der Waals surface area contributed by atoms with Gasteiger partial charge < -0.3 is 9.47 Å². The van der Waals surface area contributed by atoms with Crippen molar-refractivity contribution in [3.63, 3.8) is 0 Å². The summed E-state index contributed by atoms with van der Waals surface area (Å²) in [4.78, 5) is 50.2. The Bertz CT molecular complexity index is 1030. The Morgan fingerprint density at radius 1 is 1.23 bits per heavy atom. The van der Waals surface area contributed by atoms with Crippen LogP contribution in [0.4, 0.5) is 5.69 Å². The summed E-state index contributed by atoms with van der Waals surface area (Å²) in [5.41, 5.74) is -0.226. The molecule has 1 aliphatic heterocycles. The molecular formula is C21H20N2O7. The topological polar surface area (TPSA) is 116 Å². The van der Waals surface area contributed by atoms with E-state index in [1.165, 1.54) is 25.3 Å². The summed E-state index contributed by atoms with van der Waals surface area (Å²) in [5, 5.41) is 11.2. The fraction of sp³-hybridized carbons (Fsp3) is 0.286. The zero-order valence-corrected chi connectivity index (χ0v) is 16.7. The lowest BCUT2D eigenvalue weighted by molar-refractivity contribution is -0.385. The fourth-order valence-corrected chi connectivity index (χ4v) is 3.14. The number of benzene rings is 2. The fourth-order valence-electron chi connectivity index (χ4n) is 3.14. The summed E-state index contributed by atoms with van der Waals surface area (Å²) < 4.78 is 10.7. The first-order valence-corrected chi connectivity index (χ1v) is 9.21. The number of methoxy groups -OCH3 is 1. The Morgan fingerprint density at radius 3 is 2.57 bits per heavy atom. The number of ketones is 1. The van der Waals surface area contributed by atoms with Crippen LogP contribution < -0.4 is 9.47 Å². The van der Waals surface area contributed by atoms with E-state index in [-0.39, 0.29) is 34.2 Å². The highest BCUT2D eigenvalue weighted by atomic mass is 16.6. The molecule has 1 aliphatic rings. The predicted octanol–water partition coefficient (Wildman–Crippen LogP) is 2.87. The highest BCUT2D eigenvalue weighted by molar-refractivity contribution is 6.12. The summed E-state index contributed by atoms with van der Waals surface area (Å²) >= 11 is 0. The maximum absolute atomic E-state index is 13.0. The lowest BCUT2D eigenvalue weighted by atomic mass is 10.0. The molecule has 0 spiro atoms. The van der Waals surface area contributed by atoms with Gasteiger partial charge in [-0.3, -0.25) is 29.4 Å². The standard InChI is InChI=1S/C21H20N2O7/c1-12(2)19-21(26)22(20(25)14-6-4-5-7-17(14)30-19)11-16(24)13-8-9-18(29-3)15(10-13)23(27)28/h4-10,12,19H,11H2,1-3H3. The second kappa shape index (κ2) is 8.32. The van der Waals surface area contributed by atoms with E-state index in [2.05, 4.69) is 0 Å². The van der Waals surface area contributed by atoms with Gasteiger partial charge >= 0.3 is 5.69 Å². The lowest BCUT2D eigenvalue weighted by Crippen LogP contribution is -2.47. The molecule has 30 heavy (non-hydrogen) atoms. The third kappa shape index (κ3) is 3.86. The molecule has 0 bridgehead atoms. The molecule has 2 aromatic carbocycles. The van der Waals surface area contributed by atoms with Crippen molar-refractivity contribution in [2.75, 3.05) is 13.7 Å². The van der Waals surface area contributed by atoms with Gasteiger partial charge in [0, 0.05) is 11.6 Å². The van der Waals surface area contributed by atoms with Crippen molar-refractivity contribution < 1.29 is 28.8 Å². The molecule has 0 aliphatic carbocycles. The minimum Gasteiger partial charge on any atom is -0.490 e. The summed E-state index contributed by atoms with van der Waals surface area (Å²) in [7, 11) is 1.28. The number of amides is 2. The molecule has 0 saturated carbocycles.